The Morgan fingerprint density at radius 3 is 2.14 bits per heavy atom. The van der Waals surface area contributed by atoms with Crippen molar-refractivity contribution in [3.8, 4) is 11.5 Å². The van der Waals surface area contributed by atoms with E-state index in [-0.39, 0.29) is 0 Å². The van der Waals surface area contributed by atoms with Crippen molar-refractivity contribution in [3.05, 3.63) is 59.7 Å². The number of rotatable bonds is 8. The van der Waals surface area contributed by atoms with Crippen LogP contribution in [0.2, 0.25) is 0 Å². The molecule has 21 heavy (non-hydrogen) atoms. The van der Waals surface area contributed by atoms with Gasteiger partial charge in [0.1, 0.15) is 11.5 Å². The average Bonchev–Trinajstić information content (AvgIpc) is 2.53. The van der Waals surface area contributed by atoms with Crippen molar-refractivity contribution in [2.75, 3.05) is 13.1 Å². The summed E-state index contributed by atoms with van der Waals surface area (Å²) in [5.74, 6) is 1.78. The van der Waals surface area contributed by atoms with Crippen LogP contribution in [0, 0.1) is 0 Å². The minimum absolute atomic E-state index is 0.699. The van der Waals surface area contributed by atoms with Crippen LogP contribution in [-0.4, -0.2) is 13.1 Å². The standard InChI is InChI=1S/C18H24N2O/c19-13-3-5-15-9-11-17(12-10-15)21-18-8-2-1-6-16(18)7-4-14-20/h1-2,6,8-12H,3-5,7,13-14,19-20H2. The Morgan fingerprint density at radius 2 is 1.43 bits per heavy atom. The average molecular weight is 284 g/mol. The molecule has 0 aliphatic carbocycles. The van der Waals surface area contributed by atoms with Crippen molar-refractivity contribution >= 4 is 0 Å². The molecular weight excluding hydrogens is 260 g/mol. The molecule has 0 spiro atoms. The Morgan fingerprint density at radius 1 is 0.762 bits per heavy atom. The monoisotopic (exact) mass is 284 g/mol. The van der Waals surface area contributed by atoms with Gasteiger partial charge in [-0.3, -0.25) is 0 Å². The highest BCUT2D eigenvalue weighted by molar-refractivity contribution is 5.38. The third-order valence-electron chi connectivity index (χ3n) is 3.44. The van der Waals surface area contributed by atoms with Gasteiger partial charge in [0.25, 0.3) is 0 Å². The second-order valence-electron chi connectivity index (χ2n) is 5.14. The SMILES string of the molecule is NCCCc1ccc(Oc2ccccc2CCCN)cc1. The number of hydrogen-bond donors (Lipinski definition) is 2. The van der Waals surface area contributed by atoms with Gasteiger partial charge in [-0.2, -0.15) is 0 Å². The van der Waals surface area contributed by atoms with Crippen LogP contribution in [0.15, 0.2) is 48.5 Å². The van der Waals surface area contributed by atoms with Gasteiger partial charge >= 0.3 is 0 Å². The Balaban J connectivity index is 2.04. The first-order valence-electron chi connectivity index (χ1n) is 7.58. The van der Waals surface area contributed by atoms with Gasteiger partial charge in [0.2, 0.25) is 0 Å². The van der Waals surface area contributed by atoms with Crippen molar-refractivity contribution in [2.24, 2.45) is 11.5 Å². The van der Waals surface area contributed by atoms with Crippen molar-refractivity contribution < 1.29 is 4.74 Å². The number of nitrogens with two attached hydrogens (primary N) is 2. The Kier molecular flexibility index (Phi) is 6.25. The number of para-hydroxylation sites is 1. The quantitative estimate of drug-likeness (QED) is 0.782. The van der Waals surface area contributed by atoms with E-state index in [1.807, 2.05) is 30.3 Å². The first-order chi connectivity index (χ1) is 10.3. The highest BCUT2D eigenvalue weighted by Gasteiger charge is 2.04. The lowest BCUT2D eigenvalue weighted by Gasteiger charge is -2.11. The maximum atomic E-state index is 6.00. The van der Waals surface area contributed by atoms with Gasteiger partial charge in [0, 0.05) is 0 Å². The van der Waals surface area contributed by atoms with Gasteiger partial charge in [-0.25, -0.2) is 0 Å². The molecule has 0 amide bonds. The first-order valence-corrected chi connectivity index (χ1v) is 7.58. The molecule has 0 aliphatic rings. The highest BCUT2D eigenvalue weighted by atomic mass is 16.5. The van der Waals surface area contributed by atoms with Crippen molar-refractivity contribution in [3.63, 3.8) is 0 Å². The molecule has 2 rings (SSSR count). The van der Waals surface area contributed by atoms with E-state index in [2.05, 4.69) is 18.2 Å². The largest absolute Gasteiger partial charge is 0.457 e. The third-order valence-corrected chi connectivity index (χ3v) is 3.44. The van der Waals surface area contributed by atoms with Crippen molar-refractivity contribution in [1.82, 2.24) is 0 Å². The zero-order chi connectivity index (χ0) is 14.9. The Bertz CT molecular complexity index is 537. The normalized spacial score (nSPS) is 10.6. The van der Waals surface area contributed by atoms with Crippen molar-refractivity contribution in [1.29, 1.82) is 0 Å². The van der Waals surface area contributed by atoms with E-state index in [9.17, 15) is 0 Å². The molecule has 0 fully saturated rings. The van der Waals surface area contributed by atoms with Gasteiger partial charge < -0.3 is 16.2 Å². The predicted molar refractivity (Wildman–Crippen MR) is 87.7 cm³/mol. The summed E-state index contributed by atoms with van der Waals surface area (Å²) in [4.78, 5) is 0. The van der Waals surface area contributed by atoms with E-state index in [0.29, 0.717) is 6.54 Å². The molecule has 0 heterocycles. The van der Waals surface area contributed by atoms with Crippen LogP contribution in [0.25, 0.3) is 0 Å². The summed E-state index contributed by atoms with van der Waals surface area (Å²) in [6.07, 6.45) is 3.95. The van der Waals surface area contributed by atoms with E-state index in [1.165, 1.54) is 11.1 Å². The van der Waals surface area contributed by atoms with E-state index in [1.54, 1.807) is 0 Å². The van der Waals surface area contributed by atoms with Crippen LogP contribution >= 0.6 is 0 Å². The fourth-order valence-corrected chi connectivity index (χ4v) is 2.26. The number of benzene rings is 2. The second-order valence-corrected chi connectivity index (χ2v) is 5.14. The summed E-state index contributed by atoms with van der Waals surface area (Å²) >= 11 is 0. The van der Waals surface area contributed by atoms with Gasteiger partial charge in [0.05, 0.1) is 0 Å². The number of aryl methyl sites for hydroxylation is 2. The zero-order valence-corrected chi connectivity index (χ0v) is 12.4. The molecule has 3 nitrogen and oxygen atoms in total. The molecule has 0 saturated carbocycles. The zero-order valence-electron chi connectivity index (χ0n) is 12.4. The number of ether oxygens (including phenoxy) is 1. The van der Waals surface area contributed by atoms with Crippen LogP contribution in [0.3, 0.4) is 0 Å². The summed E-state index contributed by atoms with van der Waals surface area (Å²) in [5.41, 5.74) is 13.6. The summed E-state index contributed by atoms with van der Waals surface area (Å²) in [7, 11) is 0. The fraction of sp³-hybridized carbons (Fsp3) is 0.333. The fourth-order valence-electron chi connectivity index (χ4n) is 2.26. The van der Waals surface area contributed by atoms with Gasteiger partial charge in [-0.1, -0.05) is 30.3 Å². The van der Waals surface area contributed by atoms with Crippen LogP contribution < -0.4 is 16.2 Å². The molecule has 2 aromatic carbocycles. The molecule has 0 aromatic heterocycles. The van der Waals surface area contributed by atoms with E-state index in [4.69, 9.17) is 16.2 Å². The third kappa shape index (κ3) is 4.88. The molecule has 0 atom stereocenters. The van der Waals surface area contributed by atoms with Gasteiger partial charge in [0.15, 0.2) is 0 Å². The lowest BCUT2D eigenvalue weighted by atomic mass is 10.1. The maximum absolute atomic E-state index is 6.00. The van der Waals surface area contributed by atoms with Gasteiger partial charge in [-0.15, -0.1) is 0 Å². The maximum Gasteiger partial charge on any atom is 0.130 e. The molecule has 0 bridgehead atoms. The smallest absolute Gasteiger partial charge is 0.130 e. The molecule has 0 saturated heterocycles. The topological polar surface area (TPSA) is 61.3 Å². The molecule has 0 unspecified atom stereocenters. The molecule has 2 aromatic rings. The lowest BCUT2D eigenvalue weighted by Crippen LogP contribution is -2.01. The Labute approximate surface area is 126 Å². The van der Waals surface area contributed by atoms with Crippen LogP contribution in [0.4, 0.5) is 0 Å². The summed E-state index contributed by atoms with van der Waals surface area (Å²) in [5, 5.41) is 0. The van der Waals surface area contributed by atoms with Crippen LogP contribution in [0.5, 0.6) is 11.5 Å². The summed E-state index contributed by atoms with van der Waals surface area (Å²) in [6.45, 7) is 1.43. The molecule has 4 N–H and O–H groups in total. The molecule has 3 heteroatoms. The number of hydrogen-bond acceptors (Lipinski definition) is 3. The Hall–Kier alpha value is -1.84. The van der Waals surface area contributed by atoms with Crippen molar-refractivity contribution in [2.45, 2.75) is 25.7 Å². The molecule has 112 valence electrons. The van der Waals surface area contributed by atoms with Crippen LogP contribution in [0.1, 0.15) is 24.0 Å². The van der Waals surface area contributed by atoms with E-state index >= 15 is 0 Å². The lowest BCUT2D eigenvalue weighted by molar-refractivity contribution is 0.475. The molecule has 0 radical (unpaired) electrons. The second kappa shape index (κ2) is 8.45. The molecule has 0 aliphatic heterocycles. The minimum atomic E-state index is 0.699. The van der Waals surface area contributed by atoms with E-state index < -0.39 is 0 Å². The van der Waals surface area contributed by atoms with Crippen LogP contribution in [-0.2, 0) is 12.8 Å². The summed E-state index contributed by atoms with van der Waals surface area (Å²) in [6, 6.07) is 16.4. The highest BCUT2D eigenvalue weighted by Crippen LogP contribution is 2.26. The molecular formula is C18H24N2O. The van der Waals surface area contributed by atoms with E-state index in [0.717, 1.165) is 43.7 Å². The predicted octanol–water partition coefficient (Wildman–Crippen LogP) is 3.26. The minimum Gasteiger partial charge on any atom is -0.457 e. The van der Waals surface area contributed by atoms with Gasteiger partial charge in [-0.05, 0) is 68.1 Å². The summed E-state index contributed by atoms with van der Waals surface area (Å²) < 4.78 is 6.00. The first kappa shape index (κ1) is 15.5.